The molecule has 120 valence electrons. The lowest BCUT2D eigenvalue weighted by Crippen LogP contribution is -2.55. The van der Waals surface area contributed by atoms with E-state index < -0.39 is 0 Å². The quantitative estimate of drug-likeness (QED) is 0.879. The third-order valence-corrected chi connectivity index (χ3v) is 4.98. The van der Waals surface area contributed by atoms with Crippen LogP contribution < -0.4 is 5.56 Å². The molecule has 2 heterocycles. The Morgan fingerprint density at radius 1 is 1.22 bits per heavy atom. The number of ether oxygens (including phenoxy) is 1. The number of hydrogen-bond acceptors (Lipinski definition) is 3. The van der Waals surface area contributed by atoms with Crippen LogP contribution in [0.4, 0.5) is 0 Å². The number of aromatic nitrogens is 1. The van der Waals surface area contributed by atoms with Crippen molar-refractivity contribution in [3.8, 4) is 0 Å². The molecule has 1 aliphatic heterocycles. The van der Waals surface area contributed by atoms with Gasteiger partial charge in [-0.25, -0.2) is 0 Å². The molecule has 1 saturated carbocycles. The Morgan fingerprint density at radius 3 is 2.96 bits per heavy atom. The molecule has 1 N–H and O–H groups in total. The van der Waals surface area contributed by atoms with Gasteiger partial charge in [0.25, 0.3) is 11.5 Å². The molecule has 1 aliphatic carbocycles. The third kappa shape index (κ3) is 2.55. The third-order valence-electron chi connectivity index (χ3n) is 4.98. The lowest BCUT2D eigenvalue weighted by atomic mass is 9.89. The van der Waals surface area contributed by atoms with Crippen molar-refractivity contribution in [1.29, 1.82) is 0 Å². The van der Waals surface area contributed by atoms with Crippen molar-refractivity contribution in [2.24, 2.45) is 0 Å². The summed E-state index contributed by atoms with van der Waals surface area (Å²) < 4.78 is 5.82. The summed E-state index contributed by atoms with van der Waals surface area (Å²) in [6, 6.07) is 9.34. The van der Waals surface area contributed by atoms with Crippen LogP contribution in [0.15, 0.2) is 35.1 Å². The van der Waals surface area contributed by atoms with Gasteiger partial charge in [0.15, 0.2) is 0 Å². The van der Waals surface area contributed by atoms with E-state index in [4.69, 9.17) is 4.74 Å². The van der Waals surface area contributed by atoms with Gasteiger partial charge in [-0.1, -0.05) is 31.0 Å². The molecule has 5 heteroatoms. The monoisotopic (exact) mass is 312 g/mol. The zero-order valence-electron chi connectivity index (χ0n) is 13.0. The number of nitrogens with one attached hydrogen (secondary N) is 1. The highest BCUT2D eigenvalue weighted by Crippen LogP contribution is 2.29. The maximum Gasteiger partial charge on any atom is 0.261 e. The Bertz CT molecular complexity index is 796. The molecule has 0 spiro atoms. The minimum atomic E-state index is -0.312. The SMILES string of the molecule is O=C(c1cc2ccccc2[nH]c1=O)N1CCO[C@H]2CCCC[C@H]21. The summed E-state index contributed by atoms with van der Waals surface area (Å²) in [5.74, 6) is -0.169. The van der Waals surface area contributed by atoms with E-state index in [1.807, 2.05) is 29.2 Å². The molecule has 4 rings (SSSR count). The van der Waals surface area contributed by atoms with Crippen LogP contribution >= 0.6 is 0 Å². The molecule has 0 bridgehead atoms. The normalized spacial score (nSPS) is 24.4. The van der Waals surface area contributed by atoms with Gasteiger partial charge in [0.2, 0.25) is 0 Å². The smallest absolute Gasteiger partial charge is 0.261 e. The number of carbonyl (C=O) groups is 1. The molecule has 5 nitrogen and oxygen atoms in total. The van der Waals surface area contributed by atoms with Crippen molar-refractivity contribution in [2.45, 2.75) is 37.8 Å². The first kappa shape index (κ1) is 14.5. The minimum Gasteiger partial charge on any atom is -0.374 e. The molecule has 0 unspecified atom stereocenters. The molecule has 0 radical (unpaired) electrons. The summed E-state index contributed by atoms with van der Waals surface area (Å²) in [4.78, 5) is 30.0. The summed E-state index contributed by atoms with van der Waals surface area (Å²) in [6.07, 6.45) is 4.35. The Morgan fingerprint density at radius 2 is 2.04 bits per heavy atom. The van der Waals surface area contributed by atoms with Gasteiger partial charge < -0.3 is 14.6 Å². The van der Waals surface area contributed by atoms with Crippen LogP contribution in [-0.2, 0) is 4.74 Å². The number of amides is 1. The number of nitrogens with zero attached hydrogens (tertiary/aromatic N) is 1. The van der Waals surface area contributed by atoms with Crippen LogP contribution in [-0.4, -0.2) is 41.1 Å². The van der Waals surface area contributed by atoms with E-state index >= 15 is 0 Å². The molecule has 1 amide bonds. The summed E-state index contributed by atoms with van der Waals surface area (Å²) in [5, 5.41) is 0.879. The molecule has 1 aromatic heterocycles. The summed E-state index contributed by atoms with van der Waals surface area (Å²) >= 11 is 0. The number of fused-ring (bicyclic) bond motifs is 2. The molecule has 2 aromatic rings. The van der Waals surface area contributed by atoms with Crippen LogP contribution in [0.5, 0.6) is 0 Å². The fraction of sp³-hybridized carbons (Fsp3) is 0.444. The lowest BCUT2D eigenvalue weighted by Gasteiger charge is -2.43. The van der Waals surface area contributed by atoms with E-state index in [2.05, 4.69) is 4.98 Å². The van der Waals surface area contributed by atoms with Crippen molar-refractivity contribution in [3.05, 3.63) is 46.2 Å². The fourth-order valence-electron chi connectivity index (χ4n) is 3.81. The van der Waals surface area contributed by atoms with Crippen LogP contribution in [0.3, 0.4) is 0 Å². The zero-order chi connectivity index (χ0) is 15.8. The molecule has 2 fully saturated rings. The van der Waals surface area contributed by atoms with Crippen molar-refractivity contribution in [3.63, 3.8) is 0 Å². The number of hydrogen-bond donors (Lipinski definition) is 1. The first-order valence-electron chi connectivity index (χ1n) is 8.29. The number of rotatable bonds is 1. The highest BCUT2D eigenvalue weighted by atomic mass is 16.5. The maximum absolute atomic E-state index is 13.0. The van der Waals surface area contributed by atoms with Crippen molar-refractivity contribution in [1.82, 2.24) is 9.88 Å². The van der Waals surface area contributed by atoms with Gasteiger partial charge in [-0.05, 0) is 30.4 Å². The summed E-state index contributed by atoms with van der Waals surface area (Å²) in [5.41, 5.74) is 0.675. The first-order valence-corrected chi connectivity index (χ1v) is 8.29. The molecular formula is C18H20N2O3. The molecule has 2 aliphatic rings. The standard InChI is InChI=1S/C18H20N2O3/c21-17-13(11-12-5-1-2-6-14(12)19-17)18(22)20-9-10-23-16-8-4-3-7-15(16)20/h1-2,5-6,11,15-16H,3-4,7-10H2,(H,19,21)/t15-,16+/m1/s1. The molecule has 1 saturated heterocycles. The van der Waals surface area contributed by atoms with Crippen molar-refractivity contribution >= 4 is 16.8 Å². The fourth-order valence-corrected chi connectivity index (χ4v) is 3.81. The van der Waals surface area contributed by atoms with Gasteiger partial charge >= 0.3 is 0 Å². The topological polar surface area (TPSA) is 62.4 Å². The van der Waals surface area contributed by atoms with Gasteiger partial charge in [-0.15, -0.1) is 0 Å². The second-order valence-corrected chi connectivity index (χ2v) is 6.36. The summed E-state index contributed by atoms with van der Waals surface area (Å²) in [6.45, 7) is 1.12. The van der Waals surface area contributed by atoms with E-state index in [0.29, 0.717) is 13.2 Å². The van der Waals surface area contributed by atoms with Crippen LogP contribution in [0.25, 0.3) is 10.9 Å². The van der Waals surface area contributed by atoms with Crippen molar-refractivity contribution in [2.75, 3.05) is 13.2 Å². The number of H-pyrrole nitrogens is 1. The Hall–Kier alpha value is -2.14. The number of pyridine rings is 1. The Kier molecular flexibility index (Phi) is 3.65. The second-order valence-electron chi connectivity index (χ2n) is 6.36. The molecule has 2 atom stereocenters. The van der Waals surface area contributed by atoms with Gasteiger partial charge in [0.1, 0.15) is 5.56 Å². The lowest BCUT2D eigenvalue weighted by molar-refractivity contribution is -0.0753. The molecule has 23 heavy (non-hydrogen) atoms. The Labute approximate surface area is 134 Å². The minimum absolute atomic E-state index is 0.107. The highest BCUT2D eigenvalue weighted by Gasteiger charge is 2.37. The van der Waals surface area contributed by atoms with Crippen LogP contribution in [0.2, 0.25) is 0 Å². The number of benzene rings is 1. The van der Waals surface area contributed by atoms with Crippen LogP contribution in [0, 0.1) is 0 Å². The van der Waals surface area contributed by atoms with Gasteiger partial charge in [0, 0.05) is 12.1 Å². The van der Waals surface area contributed by atoms with Crippen LogP contribution in [0.1, 0.15) is 36.0 Å². The average Bonchev–Trinajstić information content (AvgIpc) is 2.60. The molecule has 1 aromatic carbocycles. The molecular weight excluding hydrogens is 292 g/mol. The van der Waals surface area contributed by atoms with Crippen molar-refractivity contribution < 1.29 is 9.53 Å². The number of aromatic amines is 1. The number of carbonyl (C=O) groups excluding carboxylic acids is 1. The average molecular weight is 312 g/mol. The van der Waals surface area contributed by atoms with Gasteiger partial charge in [-0.2, -0.15) is 0 Å². The Balaban J connectivity index is 1.70. The maximum atomic E-state index is 13.0. The van der Waals surface area contributed by atoms with E-state index in [9.17, 15) is 9.59 Å². The largest absolute Gasteiger partial charge is 0.374 e. The van der Waals surface area contributed by atoms with Gasteiger partial charge in [-0.3, -0.25) is 9.59 Å². The van der Waals surface area contributed by atoms with E-state index in [0.717, 1.165) is 36.6 Å². The van der Waals surface area contributed by atoms with E-state index in [1.165, 1.54) is 0 Å². The number of morpholine rings is 1. The highest BCUT2D eigenvalue weighted by molar-refractivity contribution is 5.97. The zero-order valence-corrected chi connectivity index (χ0v) is 13.0. The second kappa shape index (κ2) is 5.81. The van der Waals surface area contributed by atoms with Gasteiger partial charge in [0.05, 0.1) is 18.8 Å². The predicted octanol–water partition coefficient (Wildman–Crippen LogP) is 2.31. The summed E-state index contributed by atoms with van der Waals surface area (Å²) in [7, 11) is 0. The van der Waals surface area contributed by atoms with E-state index in [-0.39, 0.29) is 29.2 Å². The predicted molar refractivity (Wildman–Crippen MR) is 87.6 cm³/mol. The number of para-hydroxylation sites is 1. The van der Waals surface area contributed by atoms with E-state index in [1.54, 1.807) is 6.07 Å². The first-order chi connectivity index (χ1) is 11.2.